The Morgan fingerprint density at radius 2 is 1.62 bits per heavy atom. The van der Waals surface area contributed by atoms with E-state index in [-0.39, 0.29) is 21.5 Å². The van der Waals surface area contributed by atoms with Crippen LogP contribution in [0.15, 0.2) is 52.3 Å². The minimum atomic E-state index is -4.66. The number of carbonyl (C=O) groups is 1. The molecule has 0 atom stereocenters. The molecule has 1 amide bonds. The second kappa shape index (κ2) is 8.83. The average Bonchev–Trinajstić information content (AvgIpc) is 2.68. The quantitative estimate of drug-likeness (QED) is 0.584. The van der Waals surface area contributed by atoms with Crippen LogP contribution >= 0.6 is 11.6 Å². The van der Waals surface area contributed by atoms with Gasteiger partial charge in [0.1, 0.15) is 0 Å². The third-order valence-electron chi connectivity index (χ3n) is 6.23. The minimum Gasteiger partial charge on any atom is -0.349 e. The number of amides is 1. The summed E-state index contributed by atoms with van der Waals surface area (Å²) in [6.45, 7) is 2.93. The van der Waals surface area contributed by atoms with Gasteiger partial charge in [0.05, 0.1) is 30.7 Å². The number of benzene rings is 2. The van der Waals surface area contributed by atoms with Crippen molar-refractivity contribution < 1.29 is 34.8 Å². The minimum absolute atomic E-state index is 0.0284. The van der Waals surface area contributed by atoms with Crippen molar-refractivity contribution >= 4 is 37.2 Å². The highest BCUT2D eigenvalue weighted by atomic mass is 35.5. The molecule has 0 spiro atoms. The third-order valence-corrected chi connectivity index (χ3v) is 10.3. The molecule has 0 aliphatic heterocycles. The summed E-state index contributed by atoms with van der Waals surface area (Å²) in [7, 11) is -7.59. The SMILES string of the molecule is CC(C)([C@H]1C[C@H](NC(=O)c2ccc(S(C)(=O)=O)cc2Cl)C1)S(=O)(=O)c1cccc(C(F)(F)F)c1. The molecule has 186 valence electrons. The third kappa shape index (κ3) is 5.11. The molecule has 0 aromatic heterocycles. The van der Waals surface area contributed by atoms with Crippen LogP contribution in [0.2, 0.25) is 5.02 Å². The monoisotopic (exact) mass is 537 g/mol. The second-order valence-corrected chi connectivity index (χ2v) is 13.8. The maximum atomic E-state index is 13.2. The number of alkyl halides is 3. The fraction of sp³-hybridized carbons (Fsp3) is 0.409. The standard InChI is InChI=1S/C22H23ClF3NO5S2/c1-21(2,34(31,32)17-6-4-5-13(11-17)22(24,25)26)14-9-15(10-14)27-20(28)18-8-7-16(12-19(18)23)33(3,29)30/h4-8,11-12,14-15H,9-10H2,1-3H3,(H,27,28)/t14-,15-. The van der Waals surface area contributed by atoms with E-state index in [9.17, 15) is 34.8 Å². The Bertz CT molecular complexity index is 1330. The van der Waals surface area contributed by atoms with Crippen LogP contribution in [0.1, 0.15) is 42.6 Å². The van der Waals surface area contributed by atoms with Gasteiger partial charge in [0.25, 0.3) is 5.91 Å². The zero-order chi connectivity index (χ0) is 25.7. The van der Waals surface area contributed by atoms with E-state index < -0.39 is 52.9 Å². The molecule has 0 saturated heterocycles. The molecule has 1 N–H and O–H groups in total. The molecule has 0 bridgehead atoms. The lowest BCUT2D eigenvalue weighted by Gasteiger charge is -2.45. The van der Waals surface area contributed by atoms with E-state index in [1.807, 2.05) is 0 Å². The first-order chi connectivity index (χ1) is 15.4. The molecule has 6 nitrogen and oxygen atoms in total. The second-order valence-electron chi connectivity index (χ2n) is 8.89. The maximum absolute atomic E-state index is 13.2. The van der Waals surface area contributed by atoms with Gasteiger partial charge >= 0.3 is 6.18 Å². The Balaban J connectivity index is 1.70. The molecule has 0 heterocycles. The molecule has 2 aromatic carbocycles. The predicted octanol–water partition coefficient (Wildman–Crippen LogP) is 4.52. The molecule has 1 saturated carbocycles. The number of carbonyl (C=O) groups excluding carboxylic acids is 1. The van der Waals surface area contributed by atoms with Crippen molar-refractivity contribution in [3.05, 3.63) is 58.6 Å². The van der Waals surface area contributed by atoms with Crippen molar-refractivity contribution in [3.8, 4) is 0 Å². The van der Waals surface area contributed by atoms with E-state index in [2.05, 4.69) is 5.32 Å². The summed E-state index contributed by atoms with van der Waals surface area (Å²) in [5, 5.41) is 2.70. The predicted molar refractivity (Wildman–Crippen MR) is 121 cm³/mol. The van der Waals surface area contributed by atoms with E-state index in [1.165, 1.54) is 32.0 Å². The highest BCUT2D eigenvalue weighted by molar-refractivity contribution is 7.92. The van der Waals surface area contributed by atoms with Gasteiger partial charge in [-0.3, -0.25) is 4.79 Å². The van der Waals surface area contributed by atoms with E-state index >= 15 is 0 Å². The van der Waals surface area contributed by atoms with Crippen molar-refractivity contribution in [2.75, 3.05) is 6.26 Å². The lowest BCUT2D eigenvalue weighted by molar-refractivity contribution is -0.137. The zero-order valence-electron chi connectivity index (χ0n) is 18.5. The van der Waals surface area contributed by atoms with Crippen LogP contribution in [0.3, 0.4) is 0 Å². The van der Waals surface area contributed by atoms with Crippen LogP contribution in [0, 0.1) is 5.92 Å². The largest absolute Gasteiger partial charge is 0.416 e. The summed E-state index contributed by atoms with van der Waals surface area (Å²) < 4.78 is 87.3. The molecule has 1 fully saturated rings. The van der Waals surface area contributed by atoms with Crippen molar-refractivity contribution in [1.29, 1.82) is 0 Å². The molecular formula is C22H23ClF3NO5S2. The molecule has 1 aliphatic rings. The lowest BCUT2D eigenvalue weighted by Crippen LogP contribution is -2.53. The lowest BCUT2D eigenvalue weighted by atomic mass is 9.73. The zero-order valence-corrected chi connectivity index (χ0v) is 20.9. The van der Waals surface area contributed by atoms with E-state index in [1.54, 1.807) is 0 Å². The molecule has 1 aliphatic carbocycles. The van der Waals surface area contributed by atoms with Gasteiger partial charge in [0.2, 0.25) is 0 Å². The summed E-state index contributed by atoms with van der Waals surface area (Å²) >= 11 is 6.06. The fourth-order valence-electron chi connectivity index (χ4n) is 3.84. The Labute approximate surface area is 201 Å². The number of hydrogen-bond donors (Lipinski definition) is 1. The fourth-order valence-corrected chi connectivity index (χ4v) is 6.60. The Hall–Kier alpha value is -2.11. The maximum Gasteiger partial charge on any atom is 0.416 e. The average molecular weight is 538 g/mol. The van der Waals surface area contributed by atoms with Crippen LogP contribution in [0.25, 0.3) is 0 Å². The number of hydrogen-bond acceptors (Lipinski definition) is 5. The molecule has 3 rings (SSSR count). The van der Waals surface area contributed by atoms with E-state index in [0.29, 0.717) is 18.9 Å². The van der Waals surface area contributed by atoms with Gasteiger partial charge < -0.3 is 5.32 Å². The topological polar surface area (TPSA) is 97.4 Å². The van der Waals surface area contributed by atoms with Crippen molar-refractivity contribution in [3.63, 3.8) is 0 Å². The molecule has 12 heteroatoms. The molecule has 0 unspecified atom stereocenters. The first-order valence-electron chi connectivity index (χ1n) is 10.2. The van der Waals surface area contributed by atoms with Crippen molar-refractivity contribution in [2.45, 2.75) is 53.4 Å². The van der Waals surface area contributed by atoms with Gasteiger partial charge in [-0.25, -0.2) is 16.8 Å². The Kier molecular flexibility index (Phi) is 6.88. The van der Waals surface area contributed by atoms with Gasteiger partial charge in [-0.15, -0.1) is 0 Å². The number of nitrogens with one attached hydrogen (secondary N) is 1. The molecule has 2 aromatic rings. The first-order valence-corrected chi connectivity index (χ1v) is 13.9. The van der Waals surface area contributed by atoms with E-state index in [0.717, 1.165) is 24.5 Å². The Morgan fingerprint density at radius 3 is 2.15 bits per heavy atom. The van der Waals surface area contributed by atoms with Gasteiger partial charge in [-0.05, 0) is 69.0 Å². The summed E-state index contributed by atoms with van der Waals surface area (Å²) in [6.07, 6.45) is -3.05. The number of halogens is 4. The normalized spacial score (nSPS) is 19.4. The van der Waals surface area contributed by atoms with Gasteiger partial charge in [-0.1, -0.05) is 17.7 Å². The van der Waals surface area contributed by atoms with Gasteiger partial charge in [0.15, 0.2) is 19.7 Å². The highest BCUT2D eigenvalue weighted by Crippen LogP contribution is 2.44. The summed E-state index contributed by atoms with van der Waals surface area (Å²) in [4.78, 5) is 12.1. The van der Waals surface area contributed by atoms with Crippen LogP contribution in [0.5, 0.6) is 0 Å². The van der Waals surface area contributed by atoms with E-state index in [4.69, 9.17) is 11.6 Å². The van der Waals surface area contributed by atoms with Crippen LogP contribution in [-0.4, -0.2) is 39.8 Å². The van der Waals surface area contributed by atoms with Gasteiger partial charge in [0, 0.05) is 12.3 Å². The molecular weight excluding hydrogens is 515 g/mol. The first kappa shape index (κ1) is 26.5. The Morgan fingerprint density at radius 1 is 1.00 bits per heavy atom. The van der Waals surface area contributed by atoms with Crippen LogP contribution in [0.4, 0.5) is 13.2 Å². The molecule has 0 radical (unpaired) electrons. The van der Waals surface area contributed by atoms with Crippen molar-refractivity contribution in [1.82, 2.24) is 5.32 Å². The highest BCUT2D eigenvalue weighted by Gasteiger charge is 2.49. The van der Waals surface area contributed by atoms with Crippen LogP contribution in [-0.2, 0) is 25.9 Å². The summed E-state index contributed by atoms with van der Waals surface area (Å²) in [5.41, 5.74) is -0.963. The molecule has 34 heavy (non-hydrogen) atoms. The van der Waals surface area contributed by atoms with Gasteiger partial charge in [-0.2, -0.15) is 13.2 Å². The smallest absolute Gasteiger partial charge is 0.349 e. The van der Waals surface area contributed by atoms with Crippen LogP contribution < -0.4 is 5.32 Å². The van der Waals surface area contributed by atoms with Crippen molar-refractivity contribution in [2.24, 2.45) is 5.92 Å². The summed E-state index contributed by atoms with van der Waals surface area (Å²) in [6, 6.07) is 7.04. The number of rotatable bonds is 6. The number of sulfone groups is 2. The summed E-state index contributed by atoms with van der Waals surface area (Å²) in [5.74, 6) is -0.938.